The van der Waals surface area contributed by atoms with Crippen LogP contribution in [0.3, 0.4) is 0 Å². The molecule has 5 nitrogen and oxygen atoms in total. The van der Waals surface area contributed by atoms with E-state index < -0.39 is 0 Å². The van der Waals surface area contributed by atoms with Crippen LogP contribution in [0.25, 0.3) is 22.0 Å². The van der Waals surface area contributed by atoms with Crippen LogP contribution < -0.4 is 5.32 Å². The molecule has 0 bridgehead atoms. The molecule has 1 aliphatic carbocycles. The highest BCUT2D eigenvalue weighted by Crippen LogP contribution is 2.29. The summed E-state index contributed by atoms with van der Waals surface area (Å²) in [4.78, 5) is 16.3. The van der Waals surface area contributed by atoms with Crippen molar-refractivity contribution in [1.29, 1.82) is 0 Å². The van der Waals surface area contributed by atoms with E-state index in [-0.39, 0.29) is 5.91 Å². The summed E-state index contributed by atoms with van der Waals surface area (Å²) in [6, 6.07) is 8.05. The van der Waals surface area contributed by atoms with Gasteiger partial charge in [-0.25, -0.2) is 0 Å². The van der Waals surface area contributed by atoms with E-state index in [2.05, 4.69) is 38.4 Å². The summed E-state index contributed by atoms with van der Waals surface area (Å²) in [5.74, 6) is 7.33. The number of nitrogens with zero attached hydrogens (tertiary/aromatic N) is 2. The summed E-state index contributed by atoms with van der Waals surface area (Å²) in [5, 5.41) is 11.3. The number of benzene rings is 1. The van der Waals surface area contributed by atoms with Crippen LogP contribution in [0.15, 0.2) is 36.7 Å². The number of nitrogens with one attached hydrogen (secondary N) is 2. The Balaban J connectivity index is 1.62. The lowest BCUT2D eigenvalue weighted by molar-refractivity contribution is -0.116. The highest BCUT2D eigenvalue weighted by Gasteiger charge is 2.18. The third-order valence-electron chi connectivity index (χ3n) is 4.48. The van der Waals surface area contributed by atoms with Gasteiger partial charge in [-0.2, -0.15) is 5.10 Å². The Morgan fingerprint density at radius 3 is 2.89 bits per heavy atom. The minimum Gasteiger partial charge on any atom is -0.325 e. The van der Waals surface area contributed by atoms with E-state index in [1.54, 1.807) is 12.4 Å². The number of hydrogen-bond acceptors (Lipinski definition) is 3. The summed E-state index contributed by atoms with van der Waals surface area (Å²) < 4.78 is 0. The normalized spacial score (nSPS) is 13.4. The molecular weight excluding hydrogens is 336 g/mol. The van der Waals surface area contributed by atoms with Gasteiger partial charge in [-0.05, 0) is 48.4 Å². The average Bonchev–Trinajstić information content (AvgIpc) is 3.38. The lowest BCUT2D eigenvalue weighted by Gasteiger charge is -2.08. The zero-order valence-corrected chi connectivity index (χ0v) is 15.5. The first-order valence-electron chi connectivity index (χ1n) is 9.33. The van der Waals surface area contributed by atoms with E-state index in [4.69, 9.17) is 0 Å². The second-order valence-corrected chi connectivity index (χ2v) is 7.48. The predicted octanol–water partition coefficient (Wildman–Crippen LogP) is 4.37. The van der Waals surface area contributed by atoms with E-state index in [1.807, 2.05) is 32.0 Å². The number of hydrogen-bond donors (Lipinski definition) is 2. The smallest absolute Gasteiger partial charge is 0.224 e. The molecule has 0 spiro atoms. The standard InChI is InChI=1S/C22H22N4O/c1-14(2)9-22(27)24-18-10-17(12-23-13-18)16-6-8-21-19(11-16)20(25-26-21)7-5-15-3-4-15/h6,8,10-15H,3-4,9H2,1-2H3,(H,24,27)(H,25,26). The van der Waals surface area contributed by atoms with Gasteiger partial charge in [0.1, 0.15) is 5.69 Å². The van der Waals surface area contributed by atoms with Gasteiger partial charge in [0.25, 0.3) is 0 Å². The first-order chi connectivity index (χ1) is 13.1. The number of anilines is 1. The van der Waals surface area contributed by atoms with Crippen molar-refractivity contribution in [2.45, 2.75) is 33.1 Å². The van der Waals surface area contributed by atoms with Gasteiger partial charge < -0.3 is 5.32 Å². The van der Waals surface area contributed by atoms with Crippen LogP contribution in [0.5, 0.6) is 0 Å². The molecule has 1 amide bonds. The molecule has 0 atom stereocenters. The molecule has 3 aromatic rings. The first kappa shape index (κ1) is 17.3. The molecule has 136 valence electrons. The van der Waals surface area contributed by atoms with Crippen molar-refractivity contribution < 1.29 is 4.79 Å². The monoisotopic (exact) mass is 358 g/mol. The van der Waals surface area contributed by atoms with E-state index in [0.29, 0.717) is 23.9 Å². The summed E-state index contributed by atoms with van der Waals surface area (Å²) in [6.45, 7) is 4.05. The van der Waals surface area contributed by atoms with Crippen LogP contribution in [0, 0.1) is 23.7 Å². The number of aromatic amines is 1. The molecule has 0 aliphatic heterocycles. The molecule has 0 saturated heterocycles. The van der Waals surface area contributed by atoms with E-state index in [9.17, 15) is 4.79 Å². The van der Waals surface area contributed by atoms with Crippen molar-refractivity contribution in [3.05, 3.63) is 42.4 Å². The number of rotatable bonds is 4. The molecule has 1 fully saturated rings. The highest BCUT2D eigenvalue weighted by atomic mass is 16.1. The van der Waals surface area contributed by atoms with Gasteiger partial charge in [0, 0.05) is 29.5 Å². The zero-order chi connectivity index (χ0) is 18.8. The van der Waals surface area contributed by atoms with Crippen molar-refractivity contribution in [2.24, 2.45) is 11.8 Å². The number of fused-ring (bicyclic) bond motifs is 1. The molecule has 1 saturated carbocycles. The van der Waals surface area contributed by atoms with Crippen LogP contribution in [-0.4, -0.2) is 21.1 Å². The molecule has 0 unspecified atom stereocenters. The molecular formula is C22H22N4O. The van der Waals surface area contributed by atoms with E-state index in [1.165, 1.54) is 12.8 Å². The third-order valence-corrected chi connectivity index (χ3v) is 4.48. The predicted molar refractivity (Wildman–Crippen MR) is 107 cm³/mol. The maximum Gasteiger partial charge on any atom is 0.224 e. The minimum absolute atomic E-state index is 0.00636. The summed E-state index contributed by atoms with van der Waals surface area (Å²) >= 11 is 0. The number of amides is 1. The van der Waals surface area contributed by atoms with E-state index in [0.717, 1.165) is 27.7 Å². The van der Waals surface area contributed by atoms with Crippen molar-refractivity contribution in [3.8, 4) is 23.0 Å². The van der Waals surface area contributed by atoms with Crippen LogP contribution in [-0.2, 0) is 4.79 Å². The molecule has 2 aromatic heterocycles. The Labute approximate surface area is 158 Å². The van der Waals surface area contributed by atoms with Gasteiger partial charge in [0.2, 0.25) is 5.91 Å². The second kappa shape index (κ2) is 7.24. The fourth-order valence-corrected chi connectivity index (χ4v) is 2.94. The molecule has 27 heavy (non-hydrogen) atoms. The number of aromatic nitrogens is 3. The largest absolute Gasteiger partial charge is 0.325 e. The lowest BCUT2D eigenvalue weighted by atomic mass is 10.0. The SMILES string of the molecule is CC(C)CC(=O)Nc1cncc(-c2ccc3[nH]nc(C#CC4CC4)c3c2)c1. The number of carbonyl (C=O) groups is 1. The van der Waals surface area contributed by atoms with E-state index >= 15 is 0 Å². The molecule has 4 rings (SSSR count). The molecule has 1 aromatic carbocycles. The Hall–Kier alpha value is -3.13. The van der Waals surface area contributed by atoms with Gasteiger partial charge in [-0.1, -0.05) is 25.8 Å². The Bertz CT molecular complexity index is 1050. The van der Waals surface area contributed by atoms with Gasteiger partial charge in [-0.3, -0.25) is 14.9 Å². The third kappa shape index (κ3) is 4.17. The van der Waals surface area contributed by atoms with Crippen LogP contribution in [0.2, 0.25) is 0 Å². The van der Waals surface area contributed by atoms with Crippen LogP contribution in [0.4, 0.5) is 5.69 Å². The molecule has 0 radical (unpaired) electrons. The van der Waals surface area contributed by atoms with Gasteiger partial charge in [0.05, 0.1) is 17.4 Å². The first-order valence-corrected chi connectivity index (χ1v) is 9.33. The van der Waals surface area contributed by atoms with Crippen molar-refractivity contribution in [2.75, 3.05) is 5.32 Å². The average molecular weight is 358 g/mol. The molecule has 5 heteroatoms. The fourth-order valence-electron chi connectivity index (χ4n) is 2.94. The summed E-state index contributed by atoms with van der Waals surface area (Å²) in [6.07, 6.45) is 6.36. The topological polar surface area (TPSA) is 70.7 Å². The molecule has 2 heterocycles. The molecule has 1 aliphatic rings. The van der Waals surface area contributed by atoms with Crippen molar-refractivity contribution in [1.82, 2.24) is 15.2 Å². The Morgan fingerprint density at radius 1 is 1.26 bits per heavy atom. The van der Waals surface area contributed by atoms with Gasteiger partial charge in [0.15, 0.2) is 0 Å². The van der Waals surface area contributed by atoms with Crippen molar-refractivity contribution in [3.63, 3.8) is 0 Å². The fraction of sp³-hybridized carbons (Fsp3) is 0.318. The number of pyridine rings is 1. The highest BCUT2D eigenvalue weighted by molar-refractivity contribution is 5.92. The van der Waals surface area contributed by atoms with Gasteiger partial charge >= 0.3 is 0 Å². The minimum atomic E-state index is 0.00636. The van der Waals surface area contributed by atoms with Gasteiger partial charge in [-0.15, -0.1) is 0 Å². The van der Waals surface area contributed by atoms with Crippen LogP contribution >= 0.6 is 0 Å². The maximum atomic E-state index is 12.0. The van der Waals surface area contributed by atoms with Crippen LogP contribution in [0.1, 0.15) is 38.8 Å². The number of carbonyl (C=O) groups excluding carboxylic acids is 1. The second-order valence-electron chi connectivity index (χ2n) is 7.48. The maximum absolute atomic E-state index is 12.0. The number of H-pyrrole nitrogens is 1. The quantitative estimate of drug-likeness (QED) is 0.680. The Morgan fingerprint density at radius 2 is 2.11 bits per heavy atom. The summed E-state index contributed by atoms with van der Waals surface area (Å²) in [5.41, 5.74) is 4.42. The zero-order valence-electron chi connectivity index (χ0n) is 15.5. The summed E-state index contributed by atoms with van der Waals surface area (Å²) in [7, 11) is 0. The molecule has 2 N–H and O–H groups in total. The van der Waals surface area contributed by atoms with Crippen molar-refractivity contribution >= 4 is 22.5 Å². The Kier molecular flexibility index (Phi) is 4.64. The lowest BCUT2D eigenvalue weighted by Crippen LogP contribution is -2.13.